The standard InChI is InChI=1S/C16H20N8O3S/c17-11-13(16-19-21-22-20-16)12-18-14-1-3-15(4-2-14)28(26,27)24-7-5-23(6-8-24)9-10-25/h1-4,12,18,25H,5-10H2,(H,19,20,21,22). The summed E-state index contributed by atoms with van der Waals surface area (Å²) >= 11 is 0. The lowest BCUT2D eigenvalue weighted by molar-refractivity contribution is 0.151. The second-order valence-electron chi connectivity index (χ2n) is 6.04. The number of anilines is 1. The Morgan fingerprint density at radius 1 is 1.29 bits per heavy atom. The molecule has 0 saturated carbocycles. The van der Waals surface area contributed by atoms with Crippen molar-refractivity contribution in [3.8, 4) is 6.07 Å². The number of aliphatic hydroxyl groups excluding tert-OH is 1. The molecule has 0 aliphatic carbocycles. The van der Waals surface area contributed by atoms with E-state index in [-0.39, 0.29) is 22.9 Å². The molecule has 2 heterocycles. The van der Waals surface area contributed by atoms with Crippen LogP contribution >= 0.6 is 0 Å². The third kappa shape index (κ3) is 4.52. The number of hydrogen-bond acceptors (Lipinski definition) is 9. The quantitative estimate of drug-likeness (QED) is 0.517. The zero-order chi connectivity index (χ0) is 20.0. The molecule has 0 radical (unpaired) electrons. The number of aromatic amines is 1. The first-order chi connectivity index (χ1) is 13.5. The van der Waals surface area contributed by atoms with E-state index in [0.717, 1.165) is 0 Å². The highest BCUT2D eigenvalue weighted by Gasteiger charge is 2.28. The van der Waals surface area contributed by atoms with Gasteiger partial charge in [-0.15, -0.1) is 10.2 Å². The van der Waals surface area contributed by atoms with Crippen LogP contribution in [0.4, 0.5) is 5.69 Å². The van der Waals surface area contributed by atoms with Gasteiger partial charge in [0.2, 0.25) is 15.8 Å². The Hall–Kier alpha value is -2.85. The van der Waals surface area contributed by atoms with Crippen LogP contribution in [0.2, 0.25) is 0 Å². The Morgan fingerprint density at radius 2 is 2.00 bits per heavy atom. The molecule has 1 aromatic carbocycles. The number of β-amino-alcohol motifs (C(OH)–C–C–N with tert-alkyl or cyclic N) is 1. The second-order valence-corrected chi connectivity index (χ2v) is 7.98. The molecule has 3 rings (SSSR count). The van der Waals surface area contributed by atoms with Crippen molar-refractivity contribution in [3.05, 3.63) is 36.3 Å². The van der Waals surface area contributed by atoms with Crippen LogP contribution in [0.3, 0.4) is 0 Å². The maximum atomic E-state index is 12.8. The maximum absolute atomic E-state index is 12.8. The number of benzene rings is 1. The van der Waals surface area contributed by atoms with Crippen molar-refractivity contribution in [2.75, 3.05) is 44.6 Å². The molecule has 1 aromatic heterocycles. The minimum atomic E-state index is -3.57. The average Bonchev–Trinajstić information content (AvgIpc) is 3.24. The molecule has 2 aromatic rings. The molecule has 1 saturated heterocycles. The van der Waals surface area contributed by atoms with E-state index in [1.807, 2.05) is 11.0 Å². The fraction of sp³-hybridized carbons (Fsp3) is 0.375. The summed E-state index contributed by atoms with van der Waals surface area (Å²) in [6.07, 6.45) is 1.43. The van der Waals surface area contributed by atoms with E-state index in [1.54, 1.807) is 12.1 Å². The van der Waals surface area contributed by atoms with Crippen LogP contribution in [0.25, 0.3) is 5.57 Å². The summed E-state index contributed by atoms with van der Waals surface area (Å²) in [5.74, 6) is 0.162. The first-order valence-corrected chi connectivity index (χ1v) is 10.0. The van der Waals surface area contributed by atoms with Crippen molar-refractivity contribution in [2.45, 2.75) is 4.90 Å². The Kier molecular flexibility index (Phi) is 6.32. The normalized spacial score (nSPS) is 16.6. The minimum absolute atomic E-state index is 0.0654. The predicted molar refractivity (Wildman–Crippen MR) is 100 cm³/mol. The van der Waals surface area contributed by atoms with Crippen molar-refractivity contribution in [3.63, 3.8) is 0 Å². The lowest BCUT2D eigenvalue weighted by atomic mass is 10.3. The summed E-state index contributed by atoms with van der Waals surface area (Å²) in [5.41, 5.74) is 0.800. The highest BCUT2D eigenvalue weighted by atomic mass is 32.2. The van der Waals surface area contributed by atoms with E-state index in [2.05, 4.69) is 25.9 Å². The van der Waals surface area contributed by atoms with Gasteiger partial charge in [0.25, 0.3) is 0 Å². The van der Waals surface area contributed by atoms with Gasteiger partial charge < -0.3 is 10.4 Å². The number of H-pyrrole nitrogens is 1. The van der Waals surface area contributed by atoms with Gasteiger partial charge in [0.05, 0.1) is 11.5 Å². The number of hydrogen-bond donors (Lipinski definition) is 3. The van der Waals surface area contributed by atoms with Crippen LogP contribution in [0, 0.1) is 11.3 Å². The van der Waals surface area contributed by atoms with E-state index in [0.29, 0.717) is 38.4 Å². The number of aromatic nitrogens is 4. The van der Waals surface area contributed by atoms with Crippen LogP contribution in [0.1, 0.15) is 5.82 Å². The van der Waals surface area contributed by atoms with Gasteiger partial charge in [0.15, 0.2) is 0 Å². The molecule has 0 unspecified atom stereocenters. The lowest BCUT2D eigenvalue weighted by Gasteiger charge is -2.33. The number of tetrazole rings is 1. The Balaban J connectivity index is 1.66. The zero-order valence-corrected chi connectivity index (χ0v) is 15.8. The number of aliphatic hydroxyl groups is 1. The summed E-state index contributed by atoms with van der Waals surface area (Å²) < 4.78 is 27.0. The monoisotopic (exact) mass is 404 g/mol. The van der Waals surface area contributed by atoms with E-state index in [1.165, 1.54) is 22.6 Å². The molecule has 1 aliphatic rings. The van der Waals surface area contributed by atoms with Gasteiger partial charge in [0, 0.05) is 44.6 Å². The first-order valence-electron chi connectivity index (χ1n) is 8.58. The number of rotatable bonds is 7. The smallest absolute Gasteiger partial charge is 0.243 e. The lowest BCUT2D eigenvalue weighted by Crippen LogP contribution is -2.49. The van der Waals surface area contributed by atoms with Crippen molar-refractivity contribution >= 4 is 21.3 Å². The molecule has 28 heavy (non-hydrogen) atoms. The molecule has 12 heteroatoms. The van der Waals surface area contributed by atoms with Crippen LogP contribution in [-0.4, -0.2) is 82.7 Å². The maximum Gasteiger partial charge on any atom is 0.243 e. The Morgan fingerprint density at radius 3 is 2.57 bits per heavy atom. The number of nitrogens with zero attached hydrogens (tertiary/aromatic N) is 6. The average molecular weight is 404 g/mol. The van der Waals surface area contributed by atoms with E-state index in [4.69, 9.17) is 10.4 Å². The van der Waals surface area contributed by atoms with Gasteiger partial charge in [-0.05, 0) is 29.5 Å². The molecule has 1 fully saturated rings. The van der Waals surface area contributed by atoms with Crippen LogP contribution in [0.15, 0.2) is 35.4 Å². The Labute approximate surface area is 162 Å². The molecule has 0 amide bonds. The topological polar surface area (TPSA) is 151 Å². The molecular formula is C16H20N8O3S. The van der Waals surface area contributed by atoms with Crippen molar-refractivity contribution in [1.82, 2.24) is 29.8 Å². The molecule has 11 nitrogen and oxygen atoms in total. The van der Waals surface area contributed by atoms with Gasteiger partial charge in [-0.2, -0.15) is 14.8 Å². The van der Waals surface area contributed by atoms with Gasteiger partial charge in [0.1, 0.15) is 11.6 Å². The second kappa shape index (κ2) is 8.89. The van der Waals surface area contributed by atoms with Crippen molar-refractivity contribution < 1.29 is 13.5 Å². The number of nitriles is 1. The fourth-order valence-corrected chi connectivity index (χ4v) is 4.21. The molecule has 0 spiro atoms. The van der Waals surface area contributed by atoms with Gasteiger partial charge in [-0.25, -0.2) is 8.42 Å². The molecule has 3 N–H and O–H groups in total. The summed E-state index contributed by atoms with van der Waals surface area (Å²) in [7, 11) is -3.57. The van der Waals surface area contributed by atoms with Crippen molar-refractivity contribution in [2.24, 2.45) is 0 Å². The third-order valence-corrected chi connectivity index (χ3v) is 6.24. The zero-order valence-electron chi connectivity index (χ0n) is 15.0. The van der Waals surface area contributed by atoms with Crippen LogP contribution in [-0.2, 0) is 10.0 Å². The summed E-state index contributed by atoms with van der Waals surface area (Å²) in [6.45, 7) is 2.59. The van der Waals surface area contributed by atoms with Gasteiger partial charge >= 0.3 is 0 Å². The summed E-state index contributed by atoms with van der Waals surface area (Å²) in [4.78, 5) is 2.23. The van der Waals surface area contributed by atoms with Crippen LogP contribution in [0.5, 0.6) is 0 Å². The van der Waals surface area contributed by atoms with Gasteiger partial charge in [-0.3, -0.25) is 4.90 Å². The fourth-order valence-electron chi connectivity index (χ4n) is 2.79. The van der Waals surface area contributed by atoms with E-state index in [9.17, 15) is 8.42 Å². The van der Waals surface area contributed by atoms with Crippen LogP contribution < -0.4 is 5.32 Å². The summed E-state index contributed by atoms with van der Waals surface area (Å²) in [5, 5.41) is 34.2. The molecule has 0 bridgehead atoms. The highest BCUT2D eigenvalue weighted by molar-refractivity contribution is 7.89. The minimum Gasteiger partial charge on any atom is -0.395 e. The summed E-state index contributed by atoms with van der Waals surface area (Å²) in [6, 6.07) is 8.24. The van der Waals surface area contributed by atoms with E-state index >= 15 is 0 Å². The molecule has 148 valence electrons. The molecular weight excluding hydrogens is 384 g/mol. The number of piperazine rings is 1. The number of sulfonamides is 1. The number of nitrogens with one attached hydrogen (secondary N) is 2. The Bertz CT molecular complexity index is 943. The predicted octanol–water partition coefficient (Wildman–Crippen LogP) is -0.525. The third-order valence-electron chi connectivity index (χ3n) is 4.33. The highest BCUT2D eigenvalue weighted by Crippen LogP contribution is 2.20. The molecule has 0 atom stereocenters. The van der Waals surface area contributed by atoms with Gasteiger partial charge in [-0.1, -0.05) is 0 Å². The van der Waals surface area contributed by atoms with Crippen molar-refractivity contribution in [1.29, 1.82) is 5.26 Å². The number of allylic oxidation sites excluding steroid dienone is 1. The molecule has 1 aliphatic heterocycles. The van der Waals surface area contributed by atoms with E-state index < -0.39 is 10.0 Å². The first kappa shape index (κ1) is 19.9. The SMILES string of the molecule is N#CC(=CNc1ccc(S(=O)(=O)N2CCN(CCO)CC2)cc1)c1nn[nH]n1. The largest absolute Gasteiger partial charge is 0.395 e.